The highest BCUT2D eigenvalue weighted by molar-refractivity contribution is 7.91. The highest BCUT2D eigenvalue weighted by atomic mass is 32.2. The van der Waals surface area contributed by atoms with E-state index < -0.39 is 9.84 Å². The summed E-state index contributed by atoms with van der Waals surface area (Å²) in [6.07, 6.45) is 3.80. The Hall–Kier alpha value is -0.130. The van der Waals surface area contributed by atoms with E-state index in [1.54, 1.807) is 7.11 Å². The number of unbranched alkanes of at least 4 members (excludes halogenated alkanes) is 2. The summed E-state index contributed by atoms with van der Waals surface area (Å²) in [5.74, 6) is 0.486. The molecule has 0 aliphatic heterocycles. The summed E-state index contributed by atoms with van der Waals surface area (Å²) in [5, 5.41) is 3.21. The van der Waals surface area contributed by atoms with Crippen LogP contribution >= 0.6 is 0 Å². The molecule has 0 radical (unpaired) electrons. The zero-order chi connectivity index (χ0) is 13.1. The van der Waals surface area contributed by atoms with Crippen LogP contribution in [-0.4, -0.2) is 46.2 Å². The number of nitrogens with one attached hydrogen (secondary N) is 1. The van der Waals surface area contributed by atoms with E-state index in [1.165, 1.54) is 0 Å². The van der Waals surface area contributed by atoms with Crippen molar-refractivity contribution < 1.29 is 13.2 Å². The van der Waals surface area contributed by atoms with Crippen molar-refractivity contribution in [3.05, 3.63) is 0 Å². The van der Waals surface area contributed by atoms with Crippen molar-refractivity contribution in [1.29, 1.82) is 0 Å². The van der Waals surface area contributed by atoms with Gasteiger partial charge in [-0.05, 0) is 19.4 Å². The number of sulfone groups is 1. The van der Waals surface area contributed by atoms with Crippen LogP contribution in [0.5, 0.6) is 0 Å². The monoisotopic (exact) mass is 265 g/mol. The standard InChI is InChI=1S/C12H27NO3S/c1-4-6-7-9-17(14,15)11-12(10-16-3)13-8-5-2/h12-13H,4-11H2,1-3H3. The second kappa shape index (κ2) is 9.85. The van der Waals surface area contributed by atoms with Gasteiger partial charge in [-0.25, -0.2) is 8.42 Å². The van der Waals surface area contributed by atoms with Crippen LogP contribution in [0.2, 0.25) is 0 Å². The smallest absolute Gasteiger partial charge is 0.151 e. The van der Waals surface area contributed by atoms with Crippen LogP contribution in [0.15, 0.2) is 0 Å². The van der Waals surface area contributed by atoms with Gasteiger partial charge < -0.3 is 10.1 Å². The fraction of sp³-hybridized carbons (Fsp3) is 1.00. The molecule has 0 aromatic rings. The first-order valence-corrected chi connectivity index (χ1v) is 8.30. The molecule has 0 aromatic heterocycles. The molecule has 0 aliphatic rings. The van der Waals surface area contributed by atoms with Gasteiger partial charge in [0.05, 0.1) is 18.1 Å². The van der Waals surface area contributed by atoms with Gasteiger partial charge in [0.1, 0.15) is 0 Å². The van der Waals surface area contributed by atoms with E-state index >= 15 is 0 Å². The second-order valence-corrected chi connectivity index (χ2v) is 6.66. The van der Waals surface area contributed by atoms with E-state index in [1.807, 2.05) is 0 Å². The molecule has 17 heavy (non-hydrogen) atoms. The Balaban J connectivity index is 4.11. The summed E-state index contributed by atoms with van der Waals surface area (Å²) in [6, 6.07) is -0.0772. The molecule has 0 spiro atoms. The largest absolute Gasteiger partial charge is 0.383 e. The molecule has 1 N–H and O–H groups in total. The molecule has 0 rings (SSSR count). The molecule has 0 aliphatic carbocycles. The first kappa shape index (κ1) is 16.9. The molecular weight excluding hydrogens is 238 g/mol. The summed E-state index contributed by atoms with van der Waals surface area (Å²) >= 11 is 0. The van der Waals surface area contributed by atoms with Crippen LogP contribution in [0, 0.1) is 0 Å². The lowest BCUT2D eigenvalue weighted by Crippen LogP contribution is -2.40. The predicted octanol–water partition coefficient (Wildman–Crippen LogP) is 1.61. The fourth-order valence-electron chi connectivity index (χ4n) is 1.68. The zero-order valence-electron chi connectivity index (χ0n) is 11.4. The normalized spacial score (nSPS) is 13.8. The fourth-order valence-corrected chi connectivity index (χ4v) is 3.32. The number of hydrogen-bond acceptors (Lipinski definition) is 4. The third-order valence-corrected chi connectivity index (χ3v) is 4.39. The molecule has 5 heteroatoms. The van der Waals surface area contributed by atoms with Crippen molar-refractivity contribution >= 4 is 9.84 Å². The Labute approximate surface area is 106 Å². The minimum absolute atomic E-state index is 0.0772. The third-order valence-electron chi connectivity index (χ3n) is 2.56. The Morgan fingerprint density at radius 1 is 1.18 bits per heavy atom. The van der Waals surface area contributed by atoms with E-state index in [4.69, 9.17) is 4.74 Å². The number of hydrogen-bond donors (Lipinski definition) is 1. The third kappa shape index (κ3) is 9.56. The summed E-state index contributed by atoms with van der Waals surface area (Å²) in [4.78, 5) is 0. The molecule has 104 valence electrons. The summed E-state index contributed by atoms with van der Waals surface area (Å²) < 4.78 is 28.8. The first-order valence-electron chi connectivity index (χ1n) is 6.48. The molecule has 0 amide bonds. The highest BCUT2D eigenvalue weighted by Crippen LogP contribution is 2.02. The van der Waals surface area contributed by atoms with Crippen LogP contribution in [-0.2, 0) is 14.6 Å². The lowest BCUT2D eigenvalue weighted by molar-refractivity contribution is 0.173. The zero-order valence-corrected chi connectivity index (χ0v) is 12.2. The van der Waals surface area contributed by atoms with Crippen LogP contribution in [0.4, 0.5) is 0 Å². The SMILES string of the molecule is CCCCCS(=O)(=O)CC(COC)NCCC. The van der Waals surface area contributed by atoms with Crippen molar-refractivity contribution in [3.63, 3.8) is 0 Å². The van der Waals surface area contributed by atoms with Crippen molar-refractivity contribution in [2.45, 2.75) is 45.6 Å². The molecule has 0 saturated carbocycles. The molecule has 1 unspecified atom stereocenters. The van der Waals surface area contributed by atoms with Gasteiger partial charge in [-0.3, -0.25) is 0 Å². The number of rotatable bonds is 11. The molecule has 0 saturated heterocycles. The van der Waals surface area contributed by atoms with Gasteiger partial charge in [-0.1, -0.05) is 26.7 Å². The van der Waals surface area contributed by atoms with Crippen LogP contribution in [0.3, 0.4) is 0 Å². The average molecular weight is 265 g/mol. The van der Waals surface area contributed by atoms with Crippen molar-refractivity contribution in [1.82, 2.24) is 5.32 Å². The minimum Gasteiger partial charge on any atom is -0.383 e. The number of methoxy groups -OCH3 is 1. The van der Waals surface area contributed by atoms with Gasteiger partial charge in [0.15, 0.2) is 9.84 Å². The van der Waals surface area contributed by atoms with Crippen LogP contribution < -0.4 is 5.32 Å². The maximum Gasteiger partial charge on any atom is 0.151 e. The molecule has 0 bridgehead atoms. The molecule has 0 fully saturated rings. The average Bonchev–Trinajstić information content (AvgIpc) is 2.26. The van der Waals surface area contributed by atoms with Gasteiger partial charge in [0.2, 0.25) is 0 Å². The predicted molar refractivity (Wildman–Crippen MR) is 72.1 cm³/mol. The summed E-state index contributed by atoms with van der Waals surface area (Å²) in [5.41, 5.74) is 0. The highest BCUT2D eigenvalue weighted by Gasteiger charge is 2.18. The first-order chi connectivity index (χ1) is 8.05. The maximum absolute atomic E-state index is 11.9. The van der Waals surface area contributed by atoms with E-state index in [0.29, 0.717) is 12.4 Å². The van der Waals surface area contributed by atoms with Gasteiger partial charge in [-0.2, -0.15) is 0 Å². The van der Waals surface area contributed by atoms with Gasteiger partial charge in [-0.15, -0.1) is 0 Å². The summed E-state index contributed by atoms with van der Waals surface area (Å²) in [6.45, 7) is 5.42. The van der Waals surface area contributed by atoms with Crippen LogP contribution in [0.1, 0.15) is 39.5 Å². The van der Waals surface area contributed by atoms with Crippen molar-refractivity contribution in [3.8, 4) is 0 Å². The quantitative estimate of drug-likeness (QED) is 0.577. The van der Waals surface area contributed by atoms with E-state index in [2.05, 4.69) is 19.2 Å². The summed E-state index contributed by atoms with van der Waals surface area (Å²) in [7, 11) is -1.35. The molecular formula is C12H27NO3S. The van der Waals surface area contributed by atoms with Gasteiger partial charge in [0, 0.05) is 13.2 Å². The second-order valence-electron chi connectivity index (χ2n) is 4.43. The van der Waals surface area contributed by atoms with E-state index in [-0.39, 0.29) is 11.8 Å². The van der Waals surface area contributed by atoms with Crippen molar-refractivity contribution in [2.75, 3.05) is 31.8 Å². The van der Waals surface area contributed by atoms with Crippen LogP contribution in [0.25, 0.3) is 0 Å². The van der Waals surface area contributed by atoms with Gasteiger partial charge in [0.25, 0.3) is 0 Å². The van der Waals surface area contributed by atoms with Gasteiger partial charge >= 0.3 is 0 Å². The number of ether oxygens (including phenoxy) is 1. The van der Waals surface area contributed by atoms with E-state index in [9.17, 15) is 8.42 Å². The molecule has 0 aromatic carbocycles. The molecule has 1 atom stereocenters. The Kier molecular flexibility index (Phi) is 9.78. The minimum atomic E-state index is -2.95. The Bertz CT molecular complexity index is 265. The maximum atomic E-state index is 11.9. The topological polar surface area (TPSA) is 55.4 Å². The lowest BCUT2D eigenvalue weighted by atomic mass is 10.3. The molecule has 0 heterocycles. The molecule has 4 nitrogen and oxygen atoms in total. The van der Waals surface area contributed by atoms with E-state index in [0.717, 1.165) is 32.2 Å². The Morgan fingerprint density at radius 3 is 2.41 bits per heavy atom. The van der Waals surface area contributed by atoms with Crippen molar-refractivity contribution in [2.24, 2.45) is 0 Å². The lowest BCUT2D eigenvalue weighted by Gasteiger charge is -2.17. The Morgan fingerprint density at radius 2 is 1.88 bits per heavy atom.